The summed E-state index contributed by atoms with van der Waals surface area (Å²) in [5.74, 6) is -1.61. The lowest BCUT2D eigenvalue weighted by Crippen LogP contribution is -2.49. The third-order valence-electron chi connectivity index (χ3n) is 6.93. The molecule has 0 bridgehead atoms. The predicted octanol–water partition coefficient (Wildman–Crippen LogP) is 2.92. The zero-order chi connectivity index (χ0) is 26.2. The number of benzene rings is 2. The first-order valence-electron chi connectivity index (χ1n) is 12.2. The number of hydrogen-bond acceptors (Lipinski definition) is 6. The highest BCUT2D eigenvalue weighted by Crippen LogP contribution is 2.30. The Kier molecular flexibility index (Phi) is 7.00. The third kappa shape index (κ3) is 5.52. The fourth-order valence-corrected chi connectivity index (χ4v) is 5.81. The molecule has 1 fully saturated rings. The molecule has 0 N–H and O–H groups in total. The molecular formula is C26H28F2N4O4S. The maximum absolute atomic E-state index is 13.9. The molecule has 0 saturated carbocycles. The van der Waals surface area contributed by atoms with Gasteiger partial charge < -0.3 is 9.64 Å². The first-order valence-corrected chi connectivity index (χ1v) is 14.1. The molecule has 11 heteroatoms. The van der Waals surface area contributed by atoms with Gasteiger partial charge in [-0.25, -0.2) is 17.2 Å². The average molecular weight is 531 g/mol. The van der Waals surface area contributed by atoms with Crippen molar-refractivity contribution in [2.75, 3.05) is 37.3 Å². The van der Waals surface area contributed by atoms with Crippen molar-refractivity contribution >= 4 is 15.7 Å². The number of aromatic nitrogens is 2. The molecule has 8 nitrogen and oxygen atoms in total. The Balaban J connectivity index is 1.49. The van der Waals surface area contributed by atoms with Crippen LogP contribution in [0.15, 0.2) is 53.5 Å². The van der Waals surface area contributed by atoms with E-state index in [0.29, 0.717) is 31.6 Å². The fraction of sp³-hybridized carbons (Fsp3) is 0.385. The number of sulfonamides is 1. The zero-order valence-corrected chi connectivity index (χ0v) is 21.3. The van der Waals surface area contributed by atoms with Crippen LogP contribution in [0.4, 0.5) is 14.5 Å². The molecule has 1 aliphatic heterocycles. The van der Waals surface area contributed by atoms with Gasteiger partial charge in [-0.15, -0.1) is 0 Å². The molecular weight excluding hydrogens is 502 g/mol. The van der Waals surface area contributed by atoms with Crippen molar-refractivity contribution in [3.63, 3.8) is 0 Å². The zero-order valence-electron chi connectivity index (χ0n) is 20.4. The molecule has 5 rings (SSSR count). The molecule has 0 radical (unpaired) electrons. The van der Waals surface area contributed by atoms with E-state index >= 15 is 0 Å². The van der Waals surface area contributed by atoms with Crippen LogP contribution in [0.5, 0.6) is 5.75 Å². The second-order valence-corrected chi connectivity index (χ2v) is 11.4. The summed E-state index contributed by atoms with van der Waals surface area (Å²) < 4.78 is 60.4. The minimum absolute atomic E-state index is 0.0448. The monoisotopic (exact) mass is 530 g/mol. The van der Waals surface area contributed by atoms with E-state index in [1.54, 1.807) is 0 Å². The average Bonchev–Trinajstić information content (AvgIpc) is 3.06. The van der Waals surface area contributed by atoms with E-state index in [0.717, 1.165) is 35.7 Å². The predicted molar refractivity (Wildman–Crippen MR) is 136 cm³/mol. The molecule has 0 spiro atoms. The molecule has 0 unspecified atom stereocenters. The Morgan fingerprint density at radius 3 is 2.11 bits per heavy atom. The van der Waals surface area contributed by atoms with Gasteiger partial charge >= 0.3 is 5.56 Å². The van der Waals surface area contributed by atoms with Gasteiger partial charge in [-0.3, -0.25) is 4.79 Å². The van der Waals surface area contributed by atoms with E-state index in [1.807, 2.05) is 17.0 Å². The largest absolute Gasteiger partial charge is 0.483 e. The van der Waals surface area contributed by atoms with Crippen LogP contribution in [0, 0.1) is 11.6 Å². The number of halogens is 2. The van der Waals surface area contributed by atoms with Crippen LogP contribution >= 0.6 is 0 Å². The molecule has 1 aliphatic carbocycles. The number of piperazine rings is 1. The van der Waals surface area contributed by atoms with E-state index in [-0.39, 0.29) is 30.6 Å². The van der Waals surface area contributed by atoms with Gasteiger partial charge in [0.05, 0.1) is 24.2 Å². The van der Waals surface area contributed by atoms with Gasteiger partial charge in [0.1, 0.15) is 17.3 Å². The van der Waals surface area contributed by atoms with Crippen molar-refractivity contribution < 1.29 is 21.9 Å². The second-order valence-electron chi connectivity index (χ2n) is 9.44. The van der Waals surface area contributed by atoms with Crippen molar-refractivity contribution in [1.82, 2.24) is 14.1 Å². The molecule has 1 saturated heterocycles. The summed E-state index contributed by atoms with van der Waals surface area (Å²) in [7, 11) is -3.33. The van der Waals surface area contributed by atoms with Crippen molar-refractivity contribution in [2.24, 2.45) is 0 Å². The molecule has 1 aromatic heterocycles. The lowest BCUT2D eigenvalue weighted by Gasteiger charge is -2.35. The number of nitrogens with zero attached hydrogens (tertiary/aromatic N) is 4. The summed E-state index contributed by atoms with van der Waals surface area (Å²) in [5, 5.41) is 4.20. The van der Waals surface area contributed by atoms with E-state index in [1.165, 1.54) is 27.9 Å². The van der Waals surface area contributed by atoms with E-state index < -0.39 is 27.2 Å². The third-order valence-corrected chi connectivity index (χ3v) is 8.23. The Morgan fingerprint density at radius 1 is 0.946 bits per heavy atom. The summed E-state index contributed by atoms with van der Waals surface area (Å²) in [4.78, 5) is 15.5. The summed E-state index contributed by atoms with van der Waals surface area (Å²) in [5.41, 5.74) is 2.28. The minimum atomic E-state index is -3.33. The Hall–Kier alpha value is -3.31. The van der Waals surface area contributed by atoms with Crippen molar-refractivity contribution in [2.45, 2.75) is 31.8 Å². The number of fused-ring (bicyclic) bond motifs is 1. The van der Waals surface area contributed by atoms with Crippen LogP contribution in [-0.4, -0.2) is 61.0 Å². The molecule has 196 valence electrons. The lowest BCUT2D eigenvalue weighted by atomic mass is 10.0. The topological polar surface area (TPSA) is 84.7 Å². The SMILES string of the molecule is CS(=O)(=O)N1CCN(c2cnn(-c3cc(F)cc(F)c3)c(=O)c2OC2CCc3ccccc3CC2)CC1. The number of ether oxygens (including phenoxy) is 1. The molecule has 3 aromatic rings. The van der Waals surface area contributed by atoms with Crippen LogP contribution in [0.1, 0.15) is 24.0 Å². The molecule has 2 heterocycles. The van der Waals surface area contributed by atoms with Gasteiger partial charge in [0, 0.05) is 32.2 Å². The Bertz CT molecular complexity index is 1420. The minimum Gasteiger partial charge on any atom is -0.483 e. The summed E-state index contributed by atoms with van der Waals surface area (Å²) in [6.07, 6.45) is 5.37. The lowest BCUT2D eigenvalue weighted by molar-refractivity contribution is 0.181. The van der Waals surface area contributed by atoms with Gasteiger partial charge in [-0.05, 0) is 48.9 Å². The molecule has 0 atom stereocenters. The first kappa shape index (κ1) is 25.3. The Labute approximate surface area is 214 Å². The van der Waals surface area contributed by atoms with Crippen molar-refractivity contribution in [1.29, 1.82) is 0 Å². The molecule has 2 aromatic carbocycles. The van der Waals surface area contributed by atoms with Crippen LogP contribution < -0.4 is 15.2 Å². The quantitative estimate of drug-likeness (QED) is 0.472. The van der Waals surface area contributed by atoms with Gasteiger partial charge in [0.25, 0.3) is 0 Å². The van der Waals surface area contributed by atoms with Gasteiger partial charge in [0.15, 0.2) is 0 Å². The van der Waals surface area contributed by atoms with Crippen LogP contribution in [0.2, 0.25) is 0 Å². The number of aryl methyl sites for hydroxylation is 2. The van der Waals surface area contributed by atoms with Gasteiger partial charge in [-0.2, -0.15) is 14.1 Å². The van der Waals surface area contributed by atoms with Crippen LogP contribution in [0.3, 0.4) is 0 Å². The number of rotatable bonds is 5. The van der Waals surface area contributed by atoms with Gasteiger partial charge in [0.2, 0.25) is 15.8 Å². The van der Waals surface area contributed by atoms with Gasteiger partial charge in [-0.1, -0.05) is 24.3 Å². The highest BCUT2D eigenvalue weighted by Gasteiger charge is 2.29. The summed E-state index contributed by atoms with van der Waals surface area (Å²) in [6.45, 7) is 1.21. The fourth-order valence-electron chi connectivity index (χ4n) is 4.98. The number of anilines is 1. The molecule has 2 aliphatic rings. The maximum Gasteiger partial charge on any atom is 0.316 e. The second kappa shape index (κ2) is 10.2. The summed E-state index contributed by atoms with van der Waals surface area (Å²) in [6, 6.07) is 11.0. The van der Waals surface area contributed by atoms with Crippen LogP contribution in [0.25, 0.3) is 5.69 Å². The van der Waals surface area contributed by atoms with Crippen LogP contribution in [-0.2, 0) is 22.9 Å². The van der Waals surface area contributed by atoms with E-state index in [4.69, 9.17) is 4.74 Å². The molecule has 0 amide bonds. The summed E-state index contributed by atoms with van der Waals surface area (Å²) >= 11 is 0. The smallest absolute Gasteiger partial charge is 0.316 e. The standard InChI is InChI=1S/C26H28F2N4O4S/c1-37(34,35)31-12-10-30(11-13-31)24-17-29-32(22-15-20(27)14-21(28)16-22)26(33)25(24)36-23-8-6-18-4-2-3-5-19(18)7-9-23/h2-5,14-17,23H,6-13H2,1H3. The highest BCUT2D eigenvalue weighted by molar-refractivity contribution is 7.88. The molecule has 37 heavy (non-hydrogen) atoms. The first-order chi connectivity index (χ1) is 17.7. The van der Waals surface area contributed by atoms with E-state index in [9.17, 15) is 22.0 Å². The Morgan fingerprint density at radius 2 is 1.54 bits per heavy atom. The normalized spacial score (nSPS) is 17.3. The number of hydrogen-bond donors (Lipinski definition) is 0. The van der Waals surface area contributed by atoms with Crippen molar-refractivity contribution in [3.05, 3.63) is 81.8 Å². The van der Waals surface area contributed by atoms with E-state index in [2.05, 4.69) is 17.2 Å². The highest BCUT2D eigenvalue weighted by atomic mass is 32.2. The maximum atomic E-state index is 13.9. The van der Waals surface area contributed by atoms with Crippen molar-refractivity contribution in [3.8, 4) is 11.4 Å².